The molecule has 13 heteroatoms. The lowest BCUT2D eigenvalue weighted by Gasteiger charge is -2.31. The summed E-state index contributed by atoms with van der Waals surface area (Å²) in [6.07, 6.45) is 21.7. The minimum Gasteiger partial charge on any atom is -0.376 e. The highest BCUT2D eigenvalue weighted by atomic mass is 32.2. The predicted molar refractivity (Wildman–Crippen MR) is 234 cm³/mol. The molecule has 5 aliphatic heterocycles. The Morgan fingerprint density at radius 3 is 1.43 bits per heavy atom. The van der Waals surface area contributed by atoms with Gasteiger partial charge in [0.15, 0.2) is 9.84 Å². The molecule has 8 atom stereocenters. The number of carbonyl (C=O) groups is 3. The van der Waals surface area contributed by atoms with Crippen LogP contribution in [0, 0.1) is 23.7 Å². The zero-order valence-corrected chi connectivity index (χ0v) is 38.3. The second-order valence-electron chi connectivity index (χ2n) is 19.0. The van der Waals surface area contributed by atoms with Crippen LogP contribution in [0.15, 0.2) is 0 Å². The number of carbonyl (C=O) groups excluding carboxylic acids is 3. The Bertz CT molecular complexity index is 1280. The third-order valence-corrected chi connectivity index (χ3v) is 16.1. The topological polar surface area (TPSA) is 140 Å². The van der Waals surface area contributed by atoms with E-state index in [-0.39, 0.29) is 47.0 Å². The Balaban J connectivity index is 0.000000193. The molecule has 3 amide bonds. The van der Waals surface area contributed by atoms with E-state index >= 15 is 0 Å². The number of rotatable bonds is 9. The second kappa shape index (κ2) is 25.2. The van der Waals surface area contributed by atoms with Crippen molar-refractivity contribution < 1.29 is 27.5 Å². The lowest BCUT2D eigenvalue weighted by molar-refractivity contribution is -0.135. The number of likely N-dealkylation sites (tertiary alicyclic amines) is 3. The van der Waals surface area contributed by atoms with E-state index in [9.17, 15) is 22.8 Å². The summed E-state index contributed by atoms with van der Waals surface area (Å²) in [7, 11) is 2.59. The summed E-state index contributed by atoms with van der Waals surface area (Å²) < 4.78 is 30.1. The van der Waals surface area contributed by atoms with Gasteiger partial charge in [0, 0.05) is 45.9 Å². The van der Waals surface area contributed by atoms with Crippen molar-refractivity contribution in [1.29, 1.82) is 0 Å². The Kier molecular flexibility index (Phi) is 21.2. The third kappa shape index (κ3) is 15.6. The molecule has 1 saturated carbocycles. The van der Waals surface area contributed by atoms with Crippen molar-refractivity contribution in [2.24, 2.45) is 23.7 Å². The van der Waals surface area contributed by atoms with Crippen molar-refractivity contribution in [2.75, 3.05) is 72.8 Å². The van der Waals surface area contributed by atoms with Gasteiger partial charge in [-0.15, -0.1) is 0 Å². The third-order valence-electron chi connectivity index (χ3n) is 13.9. The standard InChI is InChI=1S/C16H30N2O.C15H28N2O2.C14H26N2O3S/c1-13-9-10-15(17-2)16(19)18(11-13)12-14-7-5-3-4-6-8-14;1-12-7-8-14(16-2)15(18)17(10-12)11-13-6-4-3-5-9-19-13;1-11-6-7-13(15-2)14(17)16(9-11)10-12-5-3-4-8-20(12,18)19/h13-15,17H,3-12H2,1-2H3;12-14,16H,3-11H2,1-2H3;11-13,15H,3-10H2,1-2H3. The van der Waals surface area contributed by atoms with E-state index in [2.05, 4.69) is 41.6 Å². The fourth-order valence-corrected chi connectivity index (χ4v) is 11.9. The van der Waals surface area contributed by atoms with Gasteiger partial charge in [-0.05, 0) is 122 Å². The van der Waals surface area contributed by atoms with Gasteiger partial charge < -0.3 is 35.4 Å². The Hall–Kier alpha value is -1.80. The summed E-state index contributed by atoms with van der Waals surface area (Å²) in [6, 6.07) is -0.113. The molecule has 3 N–H and O–H groups in total. The molecule has 12 nitrogen and oxygen atoms in total. The molecule has 58 heavy (non-hydrogen) atoms. The number of nitrogens with one attached hydrogen (secondary N) is 3. The molecule has 336 valence electrons. The fraction of sp³-hybridized carbons (Fsp3) is 0.933. The molecule has 0 bridgehead atoms. The van der Waals surface area contributed by atoms with Crippen LogP contribution in [0.3, 0.4) is 0 Å². The molecule has 0 aromatic heterocycles. The Morgan fingerprint density at radius 1 is 0.517 bits per heavy atom. The quantitative estimate of drug-likeness (QED) is 0.261. The average Bonchev–Trinajstić information content (AvgIpc) is 3.76. The molecule has 6 rings (SSSR count). The summed E-state index contributed by atoms with van der Waals surface area (Å²) in [5.41, 5.74) is 0. The second-order valence-corrected chi connectivity index (χ2v) is 21.4. The molecule has 8 unspecified atom stereocenters. The van der Waals surface area contributed by atoms with Crippen LogP contribution >= 0.6 is 0 Å². The van der Waals surface area contributed by atoms with E-state index in [4.69, 9.17) is 4.74 Å². The van der Waals surface area contributed by atoms with E-state index in [1.807, 2.05) is 19.0 Å². The minimum atomic E-state index is -3.01. The van der Waals surface area contributed by atoms with Gasteiger partial charge >= 0.3 is 0 Å². The molecule has 0 aromatic carbocycles. The molecular formula is C45H84N6O6S. The first-order chi connectivity index (χ1) is 27.8. The van der Waals surface area contributed by atoms with Crippen LogP contribution in [0.4, 0.5) is 0 Å². The highest BCUT2D eigenvalue weighted by Gasteiger charge is 2.36. The van der Waals surface area contributed by atoms with E-state index in [0.717, 1.165) is 90.1 Å². The largest absolute Gasteiger partial charge is 0.376 e. The maximum Gasteiger partial charge on any atom is 0.239 e. The van der Waals surface area contributed by atoms with Crippen LogP contribution < -0.4 is 16.0 Å². The Labute approximate surface area is 353 Å². The van der Waals surface area contributed by atoms with Crippen molar-refractivity contribution in [2.45, 2.75) is 172 Å². The van der Waals surface area contributed by atoms with Crippen LogP contribution in [0.1, 0.15) is 143 Å². The molecule has 6 fully saturated rings. The smallest absolute Gasteiger partial charge is 0.239 e. The molecule has 0 aromatic rings. The van der Waals surface area contributed by atoms with Gasteiger partial charge in [-0.2, -0.15) is 0 Å². The first-order valence-electron chi connectivity index (χ1n) is 23.6. The molecule has 0 spiro atoms. The number of amides is 3. The Morgan fingerprint density at radius 2 is 0.948 bits per heavy atom. The van der Waals surface area contributed by atoms with Crippen LogP contribution in [0.25, 0.3) is 0 Å². The van der Waals surface area contributed by atoms with Crippen molar-refractivity contribution in [3.8, 4) is 0 Å². The maximum atomic E-state index is 12.5. The lowest BCUT2D eigenvalue weighted by atomic mass is 9.99. The molecular weight excluding hydrogens is 753 g/mol. The normalized spacial score (nSPS) is 33.3. The summed E-state index contributed by atoms with van der Waals surface area (Å²) in [5.74, 6) is 3.37. The molecule has 1 aliphatic carbocycles. The number of hydrogen-bond donors (Lipinski definition) is 3. The van der Waals surface area contributed by atoms with Gasteiger partial charge in [0.1, 0.15) is 0 Å². The lowest BCUT2D eigenvalue weighted by Crippen LogP contribution is -2.49. The summed E-state index contributed by atoms with van der Waals surface area (Å²) in [5, 5.41) is 9.07. The van der Waals surface area contributed by atoms with Crippen molar-refractivity contribution in [3.05, 3.63) is 0 Å². The van der Waals surface area contributed by atoms with Gasteiger partial charge in [0.05, 0.1) is 35.2 Å². The van der Waals surface area contributed by atoms with Gasteiger partial charge in [-0.3, -0.25) is 14.4 Å². The number of ether oxygens (including phenoxy) is 1. The zero-order valence-electron chi connectivity index (χ0n) is 37.5. The highest BCUT2D eigenvalue weighted by Crippen LogP contribution is 2.27. The first kappa shape index (κ1) is 48.9. The van der Waals surface area contributed by atoms with Crippen LogP contribution in [0.2, 0.25) is 0 Å². The van der Waals surface area contributed by atoms with Crippen molar-refractivity contribution in [1.82, 2.24) is 30.7 Å². The monoisotopic (exact) mass is 837 g/mol. The van der Waals surface area contributed by atoms with Gasteiger partial charge in [0.2, 0.25) is 17.7 Å². The molecule has 5 saturated heterocycles. The first-order valence-corrected chi connectivity index (χ1v) is 25.3. The van der Waals surface area contributed by atoms with E-state index in [0.29, 0.717) is 43.2 Å². The van der Waals surface area contributed by atoms with Gasteiger partial charge in [-0.1, -0.05) is 65.7 Å². The number of hydrogen-bond acceptors (Lipinski definition) is 9. The van der Waals surface area contributed by atoms with Crippen LogP contribution in [0.5, 0.6) is 0 Å². The fourth-order valence-electron chi connectivity index (χ4n) is 10.1. The highest BCUT2D eigenvalue weighted by molar-refractivity contribution is 7.92. The summed E-state index contributed by atoms with van der Waals surface area (Å²) in [6.45, 7) is 12.2. The molecule has 6 aliphatic rings. The number of sulfone groups is 1. The summed E-state index contributed by atoms with van der Waals surface area (Å²) >= 11 is 0. The molecule has 0 radical (unpaired) electrons. The molecule has 5 heterocycles. The van der Waals surface area contributed by atoms with E-state index in [1.165, 1.54) is 64.2 Å². The minimum absolute atomic E-state index is 0.00396. The van der Waals surface area contributed by atoms with Crippen molar-refractivity contribution >= 4 is 27.6 Å². The summed E-state index contributed by atoms with van der Waals surface area (Å²) in [4.78, 5) is 43.5. The SMILES string of the molecule is CNC1CCC(C)CN(CC2CCCCCC2)C1=O.CNC1CCC(C)CN(CC2CCCCCO2)C1=O.CNC1CCC(C)CN(CC2CCCCS2(=O)=O)C1=O. The van der Waals surface area contributed by atoms with E-state index < -0.39 is 9.84 Å². The van der Waals surface area contributed by atoms with E-state index in [1.54, 1.807) is 11.9 Å². The maximum absolute atomic E-state index is 12.5. The van der Waals surface area contributed by atoms with Crippen LogP contribution in [-0.2, 0) is 29.0 Å². The van der Waals surface area contributed by atoms with Gasteiger partial charge in [0.25, 0.3) is 0 Å². The van der Waals surface area contributed by atoms with Crippen molar-refractivity contribution in [3.63, 3.8) is 0 Å². The van der Waals surface area contributed by atoms with Gasteiger partial charge in [-0.25, -0.2) is 8.42 Å². The van der Waals surface area contributed by atoms with Crippen LogP contribution in [-0.4, -0.2) is 143 Å². The average molecular weight is 837 g/mol. The zero-order chi connectivity index (χ0) is 42.1. The number of nitrogens with zero attached hydrogens (tertiary/aromatic N) is 3. The number of likely N-dealkylation sites (N-methyl/N-ethyl adjacent to an activating group) is 3. The predicted octanol–water partition coefficient (Wildman–Crippen LogP) is 5.40.